The summed E-state index contributed by atoms with van der Waals surface area (Å²) < 4.78 is 5.04. The molecule has 0 aliphatic heterocycles. The molecule has 0 unspecified atom stereocenters. The minimum atomic E-state index is -1.02. The van der Waals surface area contributed by atoms with E-state index in [2.05, 4.69) is 26.1 Å². The molecule has 0 rings (SSSR count). The third-order valence-electron chi connectivity index (χ3n) is 4.18. The van der Waals surface area contributed by atoms with E-state index in [0.717, 1.165) is 0 Å². The summed E-state index contributed by atoms with van der Waals surface area (Å²) in [4.78, 5) is 21.4. The Labute approximate surface area is 168 Å². The molecule has 0 aromatic carbocycles. The number of carboxylic acid groups (broad SMARTS) is 1. The van der Waals surface area contributed by atoms with Crippen molar-refractivity contribution >= 4 is 31.6 Å². The standard InChI is InChI=1S/C8H16N2O3.3C4H9.Sn/c1-5(2)3-6(8(12)13)10-7(11)4-9;3*1-3-4-2;/h5-6H,3-4,9H2,1-2H3,(H,10,11)(H,12,13);3*1,3-4H2,2H3;/t6-;;;;/m1..../s1. The first-order valence-electron chi connectivity index (χ1n) is 10.4. The first kappa shape index (κ1) is 27.9. The molecule has 5 nitrogen and oxygen atoms in total. The Morgan fingerprint density at radius 1 is 0.962 bits per heavy atom. The Kier molecular flexibility index (Phi) is 20.9. The number of nitrogens with two attached hydrogens (primary N) is 1. The predicted molar refractivity (Wildman–Crippen MR) is 113 cm³/mol. The summed E-state index contributed by atoms with van der Waals surface area (Å²) in [5.74, 6) is -1.23. The Morgan fingerprint density at radius 3 is 1.65 bits per heavy atom. The number of unbranched alkanes of at least 4 members (excludes halogenated alkanes) is 3. The van der Waals surface area contributed by atoms with Gasteiger partial charge in [0.05, 0.1) is 6.54 Å². The van der Waals surface area contributed by atoms with Gasteiger partial charge < -0.3 is 16.2 Å². The van der Waals surface area contributed by atoms with E-state index in [1.165, 1.54) is 38.5 Å². The second-order valence-electron chi connectivity index (χ2n) is 7.35. The van der Waals surface area contributed by atoms with E-state index in [9.17, 15) is 9.59 Å². The molecule has 0 aromatic rings. The van der Waals surface area contributed by atoms with Gasteiger partial charge in [-0.3, -0.25) is 4.79 Å². The van der Waals surface area contributed by atoms with Crippen LogP contribution in [0.5, 0.6) is 0 Å². The summed E-state index contributed by atoms with van der Waals surface area (Å²) in [6, 6.07) is -0.823. The molecule has 0 saturated heterocycles. The van der Waals surface area contributed by atoms with Gasteiger partial charge in [-0.15, -0.1) is 0 Å². The van der Waals surface area contributed by atoms with Crippen molar-refractivity contribution in [2.24, 2.45) is 11.7 Å². The van der Waals surface area contributed by atoms with Crippen LogP contribution in [0.25, 0.3) is 0 Å². The number of hydrogen-bond donors (Lipinski definition) is 3. The predicted octanol–water partition coefficient (Wildman–Crippen LogP) is 4.44. The molecule has 0 spiro atoms. The zero-order valence-electron chi connectivity index (χ0n) is 17.8. The number of carboxylic acids is 1. The summed E-state index contributed by atoms with van der Waals surface area (Å²) in [5.41, 5.74) is 5.05. The van der Waals surface area contributed by atoms with E-state index in [1.807, 2.05) is 13.8 Å². The summed E-state index contributed by atoms with van der Waals surface area (Å²) in [6.45, 7) is 10.6. The zero-order chi connectivity index (χ0) is 20.4. The van der Waals surface area contributed by atoms with E-state index < -0.39 is 37.7 Å². The number of carbonyl (C=O) groups is 2. The number of rotatable bonds is 14. The first-order chi connectivity index (χ1) is 12.3. The number of nitrogens with one attached hydrogen (secondary N) is 1. The Hall–Kier alpha value is -0.301. The molecule has 0 aromatic heterocycles. The molecule has 0 bridgehead atoms. The van der Waals surface area contributed by atoms with Crippen molar-refractivity contribution in [1.82, 2.24) is 5.32 Å². The Bertz CT molecular complexity index is 333. The number of aliphatic carboxylic acids is 1. The number of carbonyl (C=O) groups excluding carboxylic acids is 1. The molecule has 1 radical (unpaired) electrons. The molecule has 4 N–H and O–H groups in total. The molecule has 0 aliphatic carbocycles. The molecule has 0 fully saturated rings. The fourth-order valence-corrected chi connectivity index (χ4v) is 12.1. The number of hydrogen-bond acceptors (Lipinski definition) is 3. The summed E-state index contributed by atoms with van der Waals surface area (Å²) in [6.07, 6.45) is 9.26. The van der Waals surface area contributed by atoms with Crippen molar-refractivity contribution in [2.75, 3.05) is 6.54 Å². The van der Waals surface area contributed by atoms with Gasteiger partial charge in [0.25, 0.3) is 0 Å². The zero-order valence-corrected chi connectivity index (χ0v) is 20.6. The average molecular weight is 478 g/mol. The van der Waals surface area contributed by atoms with E-state index in [-0.39, 0.29) is 12.5 Å². The van der Waals surface area contributed by atoms with Gasteiger partial charge >= 0.3 is 98.3 Å². The van der Waals surface area contributed by atoms with Gasteiger partial charge in [-0.2, -0.15) is 0 Å². The third-order valence-corrected chi connectivity index (χ3v) is 13.3. The molecule has 0 saturated carbocycles. The van der Waals surface area contributed by atoms with Crippen LogP contribution in [0.1, 0.15) is 79.6 Å². The molecule has 6 heteroatoms. The van der Waals surface area contributed by atoms with Gasteiger partial charge in [-0.05, 0) is 12.3 Å². The third kappa shape index (κ3) is 18.5. The maximum absolute atomic E-state index is 10.8. The first-order valence-corrected chi connectivity index (χ1v) is 16.4. The van der Waals surface area contributed by atoms with Gasteiger partial charge in [0, 0.05) is 0 Å². The van der Waals surface area contributed by atoms with Crippen LogP contribution in [0.15, 0.2) is 0 Å². The molecule has 0 heterocycles. The van der Waals surface area contributed by atoms with Crippen LogP contribution in [0, 0.1) is 5.92 Å². The van der Waals surface area contributed by atoms with E-state index in [0.29, 0.717) is 6.42 Å². The van der Waals surface area contributed by atoms with E-state index in [4.69, 9.17) is 10.8 Å². The summed E-state index contributed by atoms with van der Waals surface area (Å²) >= 11 is -0.839. The van der Waals surface area contributed by atoms with Crippen LogP contribution in [0.2, 0.25) is 13.3 Å². The van der Waals surface area contributed by atoms with Crippen molar-refractivity contribution in [1.29, 1.82) is 0 Å². The molecular weight excluding hydrogens is 435 g/mol. The fourth-order valence-electron chi connectivity index (χ4n) is 2.60. The molecule has 155 valence electrons. The van der Waals surface area contributed by atoms with E-state index in [1.54, 1.807) is 13.3 Å². The van der Waals surface area contributed by atoms with Crippen LogP contribution in [0.4, 0.5) is 0 Å². The normalized spacial score (nSPS) is 11.8. The molecule has 26 heavy (non-hydrogen) atoms. The second kappa shape index (κ2) is 19.5. The van der Waals surface area contributed by atoms with Crippen LogP contribution >= 0.6 is 0 Å². The van der Waals surface area contributed by atoms with Crippen molar-refractivity contribution in [3.05, 3.63) is 0 Å². The van der Waals surface area contributed by atoms with E-state index >= 15 is 0 Å². The van der Waals surface area contributed by atoms with Crippen molar-refractivity contribution in [3.8, 4) is 0 Å². The van der Waals surface area contributed by atoms with Crippen molar-refractivity contribution in [2.45, 2.75) is 98.9 Å². The number of amides is 1. The van der Waals surface area contributed by atoms with Gasteiger partial charge in [-0.1, -0.05) is 13.8 Å². The van der Waals surface area contributed by atoms with Gasteiger partial charge in [0.1, 0.15) is 6.04 Å². The van der Waals surface area contributed by atoms with Crippen LogP contribution in [-0.4, -0.2) is 49.3 Å². The van der Waals surface area contributed by atoms with Crippen LogP contribution in [-0.2, 0) is 9.59 Å². The Morgan fingerprint density at radius 2 is 1.38 bits per heavy atom. The SMILES string of the molecule is CC(C)C[C@@H](NC(=O)CN)C(=O)O.CCC[CH2][Sn]([CH2]CCC)[CH2]CCC. The monoisotopic (exact) mass is 479 g/mol. The molecule has 0 aliphatic rings. The molecule has 1 amide bonds. The van der Waals surface area contributed by atoms with Crippen molar-refractivity contribution < 1.29 is 14.7 Å². The van der Waals surface area contributed by atoms with Crippen molar-refractivity contribution in [3.63, 3.8) is 0 Å². The van der Waals surface area contributed by atoms with Gasteiger partial charge in [-0.25, -0.2) is 4.79 Å². The fraction of sp³-hybridized carbons (Fsp3) is 0.900. The maximum atomic E-state index is 10.8. The minimum absolute atomic E-state index is 0.179. The van der Waals surface area contributed by atoms with Crippen LogP contribution < -0.4 is 11.1 Å². The average Bonchev–Trinajstić information content (AvgIpc) is 2.60. The molecular formula is C20H43N2O3Sn. The summed E-state index contributed by atoms with van der Waals surface area (Å²) in [5, 5.41) is 11.0. The quantitative estimate of drug-likeness (QED) is 0.322. The van der Waals surface area contributed by atoms with Gasteiger partial charge in [0.2, 0.25) is 5.91 Å². The van der Waals surface area contributed by atoms with Gasteiger partial charge in [0.15, 0.2) is 0 Å². The summed E-state index contributed by atoms with van der Waals surface area (Å²) in [7, 11) is 0. The second-order valence-corrected chi connectivity index (χ2v) is 15.9. The Balaban J connectivity index is 0. The topological polar surface area (TPSA) is 92.4 Å². The molecule has 1 atom stereocenters. The van der Waals surface area contributed by atoms with Crippen LogP contribution in [0.3, 0.4) is 0 Å².